The van der Waals surface area contributed by atoms with Crippen LogP contribution in [0.15, 0.2) is 18.2 Å². The van der Waals surface area contributed by atoms with Crippen LogP contribution in [0.4, 0.5) is 4.39 Å². The number of benzene rings is 1. The molecule has 0 amide bonds. The van der Waals surface area contributed by atoms with Gasteiger partial charge >= 0.3 is 0 Å². The van der Waals surface area contributed by atoms with Gasteiger partial charge in [0, 0.05) is 31.7 Å². The van der Waals surface area contributed by atoms with Gasteiger partial charge in [-0.3, -0.25) is 4.90 Å². The summed E-state index contributed by atoms with van der Waals surface area (Å²) in [7, 11) is 0. The first kappa shape index (κ1) is 13.5. The van der Waals surface area contributed by atoms with E-state index in [9.17, 15) is 4.39 Å². The van der Waals surface area contributed by atoms with Crippen LogP contribution in [0.3, 0.4) is 0 Å². The predicted octanol–water partition coefficient (Wildman–Crippen LogP) is 2.76. The molecule has 100 valence electrons. The van der Waals surface area contributed by atoms with Crippen molar-refractivity contribution >= 4 is 0 Å². The van der Waals surface area contributed by atoms with Gasteiger partial charge in [0.2, 0.25) is 0 Å². The fourth-order valence-corrected chi connectivity index (χ4v) is 2.33. The molecule has 1 aliphatic rings. The minimum Gasteiger partial charge on any atom is -0.326 e. The van der Waals surface area contributed by atoms with Crippen LogP contribution in [0.1, 0.15) is 31.9 Å². The molecule has 0 atom stereocenters. The molecule has 1 aromatic rings. The smallest absolute Gasteiger partial charge is 0.128 e. The number of halogens is 1. The first-order valence-corrected chi connectivity index (χ1v) is 6.60. The second-order valence-electron chi connectivity index (χ2n) is 6.39. The van der Waals surface area contributed by atoms with Gasteiger partial charge in [0.05, 0.1) is 0 Å². The Morgan fingerprint density at radius 1 is 1.33 bits per heavy atom. The van der Waals surface area contributed by atoms with Gasteiger partial charge < -0.3 is 5.73 Å². The van der Waals surface area contributed by atoms with Crippen LogP contribution < -0.4 is 5.73 Å². The zero-order chi connectivity index (χ0) is 13.3. The topological polar surface area (TPSA) is 29.3 Å². The third kappa shape index (κ3) is 2.90. The average Bonchev–Trinajstić information content (AvgIpc) is 2.22. The molecular formula is C15H23FN2. The van der Waals surface area contributed by atoms with Crippen LogP contribution in [0.5, 0.6) is 0 Å². The molecule has 0 bridgehead atoms. The lowest BCUT2D eigenvalue weighted by Crippen LogP contribution is -2.51. The standard InChI is InChI=1S/C15H23FN2/c1-15(2,3)13-9-18(10-13)8-12-5-4-11(7-17)6-14(12)16/h4-6,13H,7-10,17H2,1-3H3. The van der Waals surface area contributed by atoms with Crippen molar-refractivity contribution in [3.05, 3.63) is 35.1 Å². The maximum atomic E-state index is 13.8. The zero-order valence-electron chi connectivity index (χ0n) is 11.5. The highest BCUT2D eigenvalue weighted by Crippen LogP contribution is 2.34. The van der Waals surface area contributed by atoms with Gasteiger partial charge in [-0.2, -0.15) is 0 Å². The molecule has 1 aliphatic heterocycles. The quantitative estimate of drug-likeness (QED) is 0.893. The predicted molar refractivity (Wildman–Crippen MR) is 72.5 cm³/mol. The first-order valence-electron chi connectivity index (χ1n) is 6.60. The first-order chi connectivity index (χ1) is 8.40. The molecule has 2 nitrogen and oxygen atoms in total. The molecule has 2 rings (SSSR count). The number of nitrogens with two attached hydrogens (primary N) is 1. The van der Waals surface area contributed by atoms with E-state index in [1.165, 1.54) is 0 Å². The molecule has 0 unspecified atom stereocenters. The molecular weight excluding hydrogens is 227 g/mol. The van der Waals surface area contributed by atoms with Gasteiger partial charge in [-0.05, 0) is 23.0 Å². The van der Waals surface area contributed by atoms with Crippen molar-refractivity contribution in [2.75, 3.05) is 13.1 Å². The van der Waals surface area contributed by atoms with Crippen molar-refractivity contribution in [1.82, 2.24) is 4.90 Å². The summed E-state index contributed by atoms with van der Waals surface area (Å²) >= 11 is 0. The molecule has 1 aromatic carbocycles. The molecule has 2 N–H and O–H groups in total. The summed E-state index contributed by atoms with van der Waals surface area (Å²) in [5, 5.41) is 0. The number of nitrogens with zero attached hydrogens (tertiary/aromatic N) is 1. The van der Waals surface area contributed by atoms with Crippen LogP contribution in [0.2, 0.25) is 0 Å². The SMILES string of the molecule is CC(C)(C)C1CN(Cc2ccc(CN)cc2F)C1. The summed E-state index contributed by atoms with van der Waals surface area (Å²) in [6.45, 7) is 10.1. The van der Waals surface area contributed by atoms with E-state index in [1.54, 1.807) is 6.07 Å². The highest BCUT2D eigenvalue weighted by atomic mass is 19.1. The maximum absolute atomic E-state index is 13.8. The van der Waals surface area contributed by atoms with Gasteiger partial charge in [-0.15, -0.1) is 0 Å². The summed E-state index contributed by atoms with van der Waals surface area (Å²) in [6, 6.07) is 5.33. The monoisotopic (exact) mass is 250 g/mol. The Morgan fingerprint density at radius 3 is 2.50 bits per heavy atom. The second-order valence-corrected chi connectivity index (χ2v) is 6.39. The van der Waals surface area contributed by atoms with Crippen molar-refractivity contribution in [2.45, 2.75) is 33.9 Å². The molecule has 0 aromatic heterocycles. The summed E-state index contributed by atoms with van der Waals surface area (Å²) in [4.78, 5) is 2.30. The lowest BCUT2D eigenvalue weighted by Gasteiger charge is -2.46. The van der Waals surface area contributed by atoms with Crippen LogP contribution in [0, 0.1) is 17.2 Å². The highest BCUT2D eigenvalue weighted by Gasteiger charge is 2.35. The van der Waals surface area contributed by atoms with Crippen molar-refractivity contribution in [3.63, 3.8) is 0 Å². The van der Waals surface area contributed by atoms with Crippen LogP contribution in [0.25, 0.3) is 0 Å². The van der Waals surface area contributed by atoms with Crippen molar-refractivity contribution < 1.29 is 4.39 Å². The molecule has 1 heterocycles. The van der Waals surface area contributed by atoms with E-state index in [4.69, 9.17) is 5.73 Å². The molecule has 1 saturated heterocycles. The van der Waals surface area contributed by atoms with Crippen LogP contribution in [-0.2, 0) is 13.1 Å². The van der Waals surface area contributed by atoms with E-state index in [-0.39, 0.29) is 5.82 Å². The minimum atomic E-state index is -0.128. The summed E-state index contributed by atoms with van der Waals surface area (Å²) < 4.78 is 13.8. The normalized spacial score (nSPS) is 17.8. The van der Waals surface area contributed by atoms with E-state index in [1.807, 2.05) is 12.1 Å². The largest absolute Gasteiger partial charge is 0.326 e. The third-order valence-electron chi connectivity index (χ3n) is 3.93. The van der Waals surface area contributed by atoms with Crippen molar-refractivity contribution in [2.24, 2.45) is 17.1 Å². The fraction of sp³-hybridized carbons (Fsp3) is 0.600. The van der Waals surface area contributed by atoms with Gasteiger partial charge in [0.15, 0.2) is 0 Å². The van der Waals surface area contributed by atoms with E-state index in [0.29, 0.717) is 18.5 Å². The molecule has 3 heteroatoms. The van der Waals surface area contributed by atoms with Gasteiger partial charge in [0.1, 0.15) is 5.82 Å². The zero-order valence-corrected chi connectivity index (χ0v) is 11.5. The Balaban J connectivity index is 1.92. The van der Waals surface area contributed by atoms with E-state index < -0.39 is 0 Å². The lowest BCUT2D eigenvalue weighted by molar-refractivity contribution is 0.0182. The molecule has 0 aliphatic carbocycles. The Labute approximate surface area is 109 Å². The maximum Gasteiger partial charge on any atom is 0.128 e. The van der Waals surface area contributed by atoms with Crippen LogP contribution >= 0.6 is 0 Å². The Bertz CT molecular complexity index is 417. The van der Waals surface area contributed by atoms with Gasteiger partial charge in [0.25, 0.3) is 0 Å². The summed E-state index contributed by atoms with van der Waals surface area (Å²) in [6.07, 6.45) is 0. The second kappa shape index (κ2) is 4.98. The minimum absolute atomic E-state index is 0.128. The van der Waals surface area contributed by atoms with E-state index in [0.717, 1.165) is 30.1 Å². The van der Waals surface area contributed by atoms with Crippen LogP contribution in [-0.4, -0.2) is 18.0 Å². The Hall–Kier alpha value is -0.930. The van der Waals surface area contributed by atoms with Crippen molar-refractivity contribution in [3.8, 4) is 0 Å². The average molecular weight is 250 g/mol. The van der Waals surface area contributed by atoms with Crippen molar-refractivity contribution in [1.29, 1.82) is 0 Å². The lowest BCUT2D eigenvalue weighted by atomic mass is 9.76. The number of hydrogen-bond donors (Lipinski definition) is 1. The molecule has 0 saturated carbocycles. The van der Waals surface area contributed by atoms with Gasteiger partial charge in [-0.1, -0.05) is 32.9 Å². The number of hydrogen-bond acceptors (Lipinski definition) is 2. The molecule has 0 radical (unpaired) electrons. The Kier molecular flexibility index (Phi) is 3.74. The summed E-state index contributed by atoms with van der Waals surface area (Å²) in [5.74, 6) is 0.598. The number of likely N-dealkylation sites (tertiary alicyclic amines) is 1. The molecule has 18 heavy (non-hydrogen) atoms. The molecule has 1 fully saturated rings. The van der Waals surface area contributed by atoms with Gasteiger partial charge in [-0.25, -0.2) is 4.39 Å². The van der Waals surface area contributed by atoms with E-state index in [2.05, 4.69) is 25.7 Å². The summed E-state index contributed by atoms with van der Waals surface area (Å²) in [5.41, 5.74) is 7.49. The Morgan fingerprint density at radius 2 is 2.00 bits per heavy atom. The fourth-order valence-electron chi connectivity index (χ4n) is 2.33. The van der Waals surface area contributed by atoms with E-state index >= 15 is 0 Å². The number of rotatable bonds is 3. The third-order valence-corrected chi connectivity index (χ3v) is 3.93. The molecule has 0 spiro atoms. The highest BCUT2D eigenvalue weighted by molar-refractivity contribution is 5.24.